The number of carbonyl (C=O) groups is 1. The minimum Gasteiger partial charge on any atom is -0.388 e. The second-order valence-corrected chi connectivity index (χ2v) is 4.54. The van der Waals surface area contributed by atoms with E-state index < -0.39 is 0 Å². The molecule has 0 aromatic rings. The third-order valence-electron chi connectivity index (χ3n) is 2.18. The van der Waals surface area contributed by atoms with Crippen LogP contribution in [0.2, 0.25) is 0 Å². The zero-order valence-corrected chi connectivity index (χ0v) is 9.99. The normalized spacial score (nSPS) is 13.3. The van der Waals surface area contributed by atoms with Crippen LogP contribution in [0.25, 0.3) is 0 Å². The molecule has 4 nitrogen and oxygen atoms in total. The average molecular weight is 215 g/mol. The van der Waals surface area contributed by atoms with E-state index in [1.165, 1.54) is 6.08 Å². The molecule has 0 aliphatic carbocycles. The van der Waals surface area contributed by atoms with E-state index in [4.69, 9.17) is 0 Å². The van der Waals surface area contributed by atoms with Crippen molar-refractivity contribution < 1.29 is 14.4 Å². The van der Waals surface area contributed by atoms with E-state index >= 15 is 0 Å². The van der Waals surface area contributed by atoms with Gasteiger partial charge in [-0.05, 0) is 13.0 Å². The number of carbonyl (C=O) groups excluding carboxylic acids is 1. The van der Waals surface area contributed by atoms with Gasteiger partial charge in [0.15, 0.2) is 0 Å². The maximum absolute atomic E-state index is 10.8. The lowest BCUT2D eigenvalue weighted by Gasteiger charge is -2.30. The molecule has 1 atom stereocenters. The number of rotatable bonds is 7. The molecule has 0 radical (unpaired) electrons. The fraction of sp³-hybridized carbons (Fsp3) is 0.727. The summed E-state index contributed by atoms with van der Waals surface area (Å²) in [6.07, 6.45) is 1.89. The number of nitrogens with one attached hydrogen (secondary N) is 1. The smallest absolute Gasteiger partial charge is 0.243 e. The summed E-state index contributed by atoms with van der Waals surface area (Å²) in [6.45, 7) is 7.49. The fourth-order valence-electron chi connectivity index (χ4n) is 1.60. The zero-order valence-electron chi connectivity index (χ0n) is 9.99. The van der Waals surface area contributed by atoms with Crippen molar-refractivity contribution in [2.24, 2.45) is 0 Å². The van der Waals surface area contributed by atoms with Crippen molar-refractivity contribution in [1.82, 2.24) is 5.32 Å². The van der Waals surface area contributed by atoms with Gasteiger partial charge in [0.25, 0.3) is 0 Å². The Morgan fingerprint density at radius 2 is 2.20 bits per heavy atom. The van der Waals surface area contributed by atoms with E-state index in [0.29, 0.717) is 6.54 Å². The fourth-order valence-corrected chi connectivity index (χ4v) is 1.60. The number of likely N-dealkylation sites (N-methyl/N-ethyl adjacent to an activating group) is 1. The first-order valence-corrected chi connectivity index (χ1v) is 5.28. The molecule has 0 heterocycles. The SMILES string of the molecule is C=CC(=O)NCCC[N+](C)(C)CC(C)O. The van der Waals surface area contributed by atoms with Crippen molar-refractivity contribution in [2.75, 3.05) is 33.7 Å². The van der Waals surface area contributed by atoms with Gasteiger partial charge in [0.1, 0.15) is 12.6 Å². The molecular formula is C11H23N2O2+. The third kappa shape index (κ3) is 8.15. The predicted octanol–water partition coefficient (Wildman–Crippen LogP) is 0.136. The van der Waals surface area contributed by atoms with Crippen molar-refractivity contribution in [3.05, 3.63) is 12.7 Å². The summed E-state index contributed by atoms with van der Waals surface area (Å²) < 4.78 is 0.766. The summed E-state index contributed by atoms with van der Waals surface area (Å²) in [5.41, 5.74) is 0. The van der Waals surface area contributed by atoms with Crippen LogP contribution in [0.1, 0.15) is 13.3 Å². The summed E-state index contributed by atoms with van der Waals surface area (Å²) in [5.74, 6) is -0.129. The molecule has 88 valence electrons. The summed E-state index contributed by atoms with van der Waals surface area (Å²) in [6, 6.07) is 0. The van der Waals surface area contributed by atoms with E-state index in [0.717, 1.165) is 24.0 Å². The number of aliphatic hydroxyl groups is 1. The first-order chi connectivity index (χ1) is 6.87. The molecule has 0 spiro atoms. The lowest BCUT2D eigenvalue weighted by Crippen LogP contribution is -2.46. The molecule has 0 saturated carbocycles. The number of nitrogens with zero attached hydrogens (tertiary/aromatic N) is 1. The van der Waals surface area contributed by atoms with Gasteiger partial charge in [0, 0.05) is 13.0 Å². The molecule has 0 bridgehead atoms. The summed E-state index contributed by atoms with van der Waals surface area (Å²) in [4.78, 5) is 10.8. The second-order valence-electron chi connectivity index (χ2n) is 4.54. The Morgan fingerprint density at radius 3 is 2.67 bits per heavy atom. The van der Waals surface area contributed by atoms with Gasteiger partial charge in [-0.1, -0.05) is 6.58 Å². The predicted molar refractivity (Wildman–Crippen MR) is 61.3 cm³/mol. The highest BCUT2D eigenvalue weighted by Crippen LogP contribution is 2.00. The summed E-state index contributed by atoms with van der Waals surface area (Å²) >= 11 is 0. The molecule has 15 heavy (non-hydrogen) atoms. The lowest BCUT2D eigenvalue weighted by molar-refractivity contribution is -0.893. The Kier molecular flexibility index (Phi) is 6.20. The van der Waals surface area contributed by atoms with Crippen molar-refractivity contribution in [3.8, 4) is 0 Å². The van der Waals surface area contributed by atoms with Crippen molar-refractivity contribution in [1.29, 1.82) is 0 Å². The lowest BCUT2D eigenvalue weighted by atomic mass is 10.3. The molecule has 0 aromatic heterocycles. The standard InChI is InChI=1S/C11H22N2O2/c1-5-11(15)12-7-6-8-13(3,4)9-10(2)14/h5,10,14H,1,6-9H2,2-4H3/p+1. The van der Waals surface area contributed by atoms with Crippen molar-refractivity contribution in [2.45, 2.75) is 19.4 Å². The minimum absolute atomic E-state index is 0.129. The van der Waals surface area contributed by atoms with Crippen LogP contribution in [0, 0.1) is 0 Å². The van der Waals surface area contributed by atoms with Crippen LogP contribution in [-0.4, -0.2) is 55.3 Å². The molecule has 0 aromatic carbocycles. The molecule has 4 heteroatoms. The van der Waals surface area contributed by atoms with Gasteiger partial charge in [-0.3, -0.25) is 4.79 Å². The maximum Gasteiger partial charge on any atom is 0.243 e. The Hall–Kier alpha value is -0.870. The summed E-state index contributed by atoms with van der Waals surface area (Å²) in [7, 11) is 4.14. The Balaban J connectivity index is 3.65. The molecule has 0 aliphatic rings. The number of aliphatic hydroxyl groups excluding tert-OH is 1. The zero-order chi connectivity index (χ0) is 11.9. The maximum atomic E-state index is 10.8. The molecule has 2 N–H and O–H groups in total. The molecule has 1 amide bonds. The number of amides is 1. The molecule has 0 fully saturated rings. The van der Waals surface area contributed by atoms with Crippen molar-refractivity contribution in [3.63, 3.8) is 0 Å². The van der Waals surface area contributed by atoms with E-state index in [1.807, 2.05) is 0 Å². The van der Waals surface area contributed by atoms with Gasteiger partial charge < -0.3 is 14.9 Å². The Morgan fingerprint density at radius 1 is 1.60 bits per heavy atom. The van der Waals surface area contributed by atoms with Gasteiger partial charge in [-0.2, -0.15) is 0 Å². The average Bonchev–Trinajstić information content (AvgIpc) is 2.10. The van der Waals surface area contributed by atoms with Crippen LogP contribution in [0.3, 0.4) is 0 Å². The molecular weight excluding hydrogens is 192 g/mol. The molecule has 0 saturated heterocycles. The van der Waals surface area contributed by atoms with E-state index in [2.05, 4.69) is 26.0 Å². The van der Waals surface area contributed by atoms with Crippen molar-refractivity contribution >= 4 is 5.91 Å². The second kappa shape index (κ2) is 6.58. The number of hydrogen-bond acceptors (Lipinski definition) is 2. The van der Waals surface area contributed by atoms with Crippen LogP contribution in [0.4, 0.5) is 0 Å². The van der Waals surface area contributed by atoms with Crippen LogP contribution >= 0.6 is 0 Å². The largest absolute Gasteiger partial charge is 0.388 e. The molecule has 1 unspecified atom stereocenters. The first kappa shape index (κ1) is 14.1. The van der Waals surface area contributed by atoms with E-state index in [9.17, 15) is 9.90 Å². The highest BCUT2D eigenvalue weighted by Gasteiger charge is 2.16. The third-order valence-corrected chi connectivity index (χ3v) is 2.18. The number of quaternary nitrogens is 1. The highest BCUT2D eigenvalue weighted by atomic mass is 16.3. The quantitative estimate of drug-likeness (QED) is 0.360. The van der Waals surface area contributed by atoms with Gasteiger partial charge in [-0.25, -0.2) is 0 Å². The van der Waals surface area contributed by atoms with E-state index in [-0.39, 0.29) is 12.0 Å². The highest BCUT2D eigenvalue weighted by molar-refractivity contribution is 5.86. The van der Waals surface area contributed by atoms with Gasteiger partial charge in [0.05, 0.1) is 20.6 Å². The first-order valence-electron chi connectivity index (χ1n) is 5.28. The Bertz CT molecular complexity index is 213. The molecule has 0 aliphatic heterocycles. The van der Waals surface area contributed by atoms with Crippen LogP contribution in [0.15, 0.2) is 12.7 Å². The Labute approximate surface area is 92.2 Å². The minimum atomic E-state index is -0.289. The monoisotopic (exact) mass is 215 g/mol. The topological polar surface area (TPSA) is 49.3 Å². The molecule has 0 rings (SSSR count). The number of hydrogen-bond donors (Lipinski definition) is 2. The van der Waals surface area contributed by atoms with Crippen LogP contribution in [-0.2, 0) is 4.79 Å². The van der Waals surface area contributed by atoms with Gasteiger partial charge in [-0.15, -0.1) is 0 Å². The van der Waals surface area contributed by atoms with Gasteiger partial charge in [0.2, 0.25) is 5.91 Å². The summed E-state index contributed by atoms with van der Waals surface area (Å²) in [5, 5.41) is 12.0. The van der Waals surface area contributed by atoms with Crippen LogP contribution < -0.4 is 5.32 Å². The van der Waals surface area contributed by atoms with Crippen LogP contribution in [0.5, 0.6) is 0 Å². The van der Waals surface area contributed by atoms with E-state index in [1.54, 1.807) is 6.92 Å². The van der Waals surface area contributed by atoms with Gasteiger partial charge >= 0.3 is 0 Å².